The third-order valence-electron chi connectivity index (χ3n) is 4.17. The van der Waals surface area contributed by atoms with Crippen LogP contribution in [0.5, 0.6) is 11.5 Å². The second-order valence-corrected chi connectivity index (χ2v) is 8.01. The zero-order chi connectivity index (χ0) is 21.7. The van der Waals surface area contributed by atoms with E-state index in [1.165, 1.54) is 0 Å². The minimum absolute atomic E-state index is 0.0129. The van der Waals surface area contributed by atoms with Crippen molar-refractivity contribution in [2.45, 2.75) is 13.5 Å². The van der Waals surface area contributed by atoms with Crippen LogP contribution in [0.25, 0.3) is 6.08 Å². The molecule has 0 atom stereocenters. The Morgan fingerprint density at radius 3 is 2.50 bits per heavy atom. The van der Waals surface area contributed by atoms with Crippen LogP contribution in [0.2, 0.25) is 10.0 Å². The first-order chi connectivity index (χ1) is 14.4. The summed E-state index contributed by atoms with van der Waals surface area (Å²) in [7, 11) is 0. The van der Waals surface area contributed by atoms with E-state index in [4.69, 9.17) is 32.7 Å². The number of hydrogen-bond acceptors (Lipinski definition) is 5. The van der Waals surface area contributed by atoms with Crippen LogP contribution >= 0.6 is 35.0 Å². The van der Waals surface area contributed by atoms with E-state index in [0.29, 0.717) is 50.8 Å². The van der Waals surface area contributed by atoms with Gasteiger partial charge in [0.1, 0.15) is 6.61 Å². The largest absolute Gasteiger partial charge is 0.490 e. The van der Waals surface area contributed by atoms with Gasteiger partial charge in [0.05, 0.1) is 18.1 Å². The van der Waals surface area contributed by atoms with Crippen LogP contribution in [-0.2, 0) is 11.3 Å². The number of rotatable bonds is 8. The van der Waals surface area contributed by atoms with Gasteiger partial charge in [-0.05, 0) is 54.6 Å². The van der Waals surface area contributed by atoms with E-state index >= 15 is 0 Å². The standard InChI is InChI=1S/C22H19Cl2NO4S/c1-3-10-29-18-9-8-14(11-19(18)28-4-2)12-20-21(26)25(22(27)30-20)13-15-16(23)6-5-7-17(15)24/h3,5-9,11-12H,1,4,10,13H2,2H3/b20-12-. The predicted octanol–water partition coefficient (Wildman–Crippen LogP) is 6.19. The van der Waals surface area contributed by atoms with Crippen LogP contribution in [0.4, 0.5) is 4.79 Å². The van der Waals surface area contributed by atoms with Gasteiger partial charge >= 0.3 is 0 Å². The molecule has 1 aliphatic heterocycles. The van der Waals surface area contributed by atoms with Crippen LogP contribution < -0.4 is 9.47 Å². The number of nitrogens with zero attached hydrogens (tertiary/aromatic N) is 1. The molecular weight excluding hydrogens is 445 g/mol. The maximum atomic E-state index is 12.8. The van der Waals surface area contributed by atoms with Crippen molar-refractivity contribution in [1.82, 2.24) is 4.90 Å². The van der Waals surface area contributed by atoms with Gasteiger partial charge in [0.15, 0.2) is 11.5 Å². The first kappa shape index (κ1) is 22.3. The van der Waals surface area contributed by atoms with Gasteiger partial charge in [-0.15, -0.1) is 0 Å². The molecule has 0 aromatic heterocycles. The van der Waals surface area contributed by atoms with E-state index in [1.54, 1.807) is 48.6 Å². The molecule has 156 valence electrons. The Balaban J connectivity index is 1.84. The lowest BCUT2D eigenvalue weighted by Gasteiger charge is -2.14. The number of carbonyl (C=O) groups is 2. The smallest absolute Gasteiger partial charge is 0.293 e. The maximum absolute atomic E-state index is 12.8. The van der Waals surface area contributed by atoms with Crippen LogP contribution in [0.1, 0.15) is 18.1 Å². The number of hydrogen-bond donors (Lipinski definition) is 0. The van der Waals surface area contributed by atoms with Crippen molar-refractivity contribution in [2.24, 2.45) is 0 Å². The molecule has 8 heteroatoms. The normalized spacial score (nSPS) is 15.0. The average Bonchev–Trinajstić information content (AvgIpc) is 2.97. The molecule has 0 unspecified atom stereocenters. The molecule has 5 nitrogen and oxygen atoms in total. The molecule has 1 aliphatic rings. The highest BCUT2D eigenvalue weighted by molar-refractivity contribution is 8.18. The van der Waals surface area contributed by atoms with Crippen molar-refractivity contribution in [3.8, 4) is 11.5 Å². The molecule has 3 rings (SSSR count). The Labute approximate surface area is 189 Å². The molecule has 0 bridgehead atoms. The van der Waals surface area contributed by atoms with Crippen molar-refractivity contribution >= 4 is 52.2 Å². The van der Waals surface area contributed by atoms with E-state index in [0.717, 1.165) is 16.7 Å². The fourth-order valence-electron chi connectivity index (χ4n) is 2.78. The SMILES string of the molecule is C=CCOc1ccc(/C=C2\SC(=O)N(Cc3c(Cl)cccc3Cl)C2=O)cc1OCC. The molecule has 0 radical (unpaired) electrons. The van der Waals surface area contributed by atoms with E-state index in [1.807, 2.05) is 6.92 Å². The van der Waals surface area contributed by atoms with Crippen molar-refractivity contribution in [1.29, 1.82) is 0 Å². The van der Waals surface area contributed by atoms with Gasteiger partial charge in [-0.25, -0.2) is 0 Å². The second kappa shape index (κ2) is 10.1. The molecule has 2 aromatic rings. The molecule has 1 saturated heterocycles. The zero-order valence-electron chi connectivity index (χ0n) is 16.2. The summed E-state index contributed by atoms with van der Waals surface area (Å²) in [5.41, 5.74) is 1.25. The maximum Gasteiger partial charge on any atom is 0.293 e. The summed E-state index contributed by atoms with van der Waals surface area (Å²) in [4.78, 5) is 26.7. The van der Waals surface area contributed by atoms with E-state index in [9.17, 15) is 9.59 Å². The van der Waals surface area contributed by atoms with Gasteiger partial charge < -0.3 is 9.47 Å². The van der Waals surface area contributed by atoms with Gasteiger partial charge in [0.25, 0.3) is 11.1 Å². The Morgan fingerprint density at radius 1 is 1.10 bits per heavy atom. The molecule has 1 fully saturated rings. The Kier molecular flexibility index (Phi) is 7.48. The van der Waals surface area contributed by atoms with Crippen LogP contribution in [0.15, 0.2) is 54.0 Å². The summed E-state index contributed by atoms with van der Waals surface area (Å²) in [6.45, 7) is 6.33. The van der Waals surface area contributed by atoms with Gasteiger partial charge in [-0.3, -0.25) is 14.5 Å². The first-order valence-corrected chi connectivity index (χ1v) is 10.7. The minimum Gasteiger partial charge on any atom is -0.490 e. The fourth-order valence-corrected chi connectivity index (χ4v) is 4.14. The monoisotopic (exact) mass is 463 g/mol. The van der Waals surface area contributed by atoms with E-state index in [2.05, 4.69) is 6.58 Å². The van der Waals surface area contributed by atoms with Gasteiger partial charge in [-0.1, -0.05) is 48.0 Å². The molecule has 0 N–H and O–H groups in total. The molecule has 30 heavy (non-hydrogen) atoms. The van der Waals surface area contributed by atoms with Gasteiger partial charge in [0.2, 0.25) is 0 Å². The van der Waals surface area contributed by atoms with Crippen molar-refractivity contribution in [3.05, 3.63) is 75.1 Å². The fraction of sp³-hybridized carbons (Fsp3) is 0.182. The second-order valence-electron chi connectivity index (χ2n) is 6.21. The van der Waals surface area contributed by atoms with Crippen molar-refractivity contribution in [2.75, 3.05) is 13.2 Å². The molecule has 0 spiro atoms. The molecule has 1 heterocycles. The lowest BCUT2D eigenvalue weighted by atomic mass is 10.1. The Hall–Kier alpha value is -2.41. The summed E-state index contributed by atoms with van der Waals surface area (Å²) in [6, 6.07) is 10.4. The molecule has 2 amide bonds. The quantitative estimate of drug-likeness (QED) is 0.344. The lowest BCUT2D eigenvalue weighted by Crippen LogP contribution is -2.27. The molecule has 0 saturated carbocycles. The third kappa shape index (κ3) is 5.01. The number of halogens is 2. The highest BCUT2D eigenvalue weighted by Crippen LogP contribution is 2.37. The Morgan fingerprint density at radius 2 is 1.83 bits per heavy atom. The molecular formula is C22H19Cl2NO4S. The summed E-state index contributed by atoms with van der Waals surface area (Å²) in [5.74, 6) is 0.733. The van der Waals surface area contributed by atoms with Crippen molar-refractivity contribution < 1.29 is 19.1 Å². The lowest BCUT2D eigenvalue weighted by molar-refractivity contribution is -0.123. The number of benzene rings is 2. The Bertz CT molecular complexity index is 1000. The first-order valence-electron chi connectivity index (χ1n) is 9.13. The number of ether oxygens (including phenoxy) is 2. The third-order valence-corrected chi connectivity index (χ3v) is 5.79. The number of carbonyl (C=O) groups excluding carboxylic acids is 2. The van der Waals surface area contributed by atoms with Crippen molar-refractivity contribution in [3.63, 3.8) is 0 Å². The summed E-state index contributed by atoms with van der Waals surface area (Å²) < 4.78 is 11.2. The molecule has 0 aliphatic carbocycles. The van der Waals surface area contributed by atoms with Crippen LogP contribution in [0.3, 0.4) is 0 Å². The summed E-state index contributed by atoms with van der Waals surface area (Å²) in [5, 5.41) is 0.433. The van der Waals surface area contributed by atoms with Crippen LogP contribution in [-0.4, -0.2) is 29.3 Å². The van der Waals surface area contributed by atoms with E-state index < -0.39 is 5.91 Å². The number of thioether (sulfide) groups is 1. The summed E-state index contributed by atoms with van der Waals surface area (Å²) in [6.07, 6.45) is 3.30. The van der Waals surface area contributed by atoms with E-state index in [-0.39, 0.29) is 11.8 Å². The van der Waals surface area contributed by atoms with Crippen LogP contribution in [0, 0.1) is 0 Å². The summed E-state index contributed by atoms with van der Waals surface area (Å²) >= 11 is 13.2. The minimum atomic E-state index is -0.397. The highest BCUT2D eigenvalue weighted by atomic mass is 35.5. The number of imide groups is 1. The average molecular weight is 464 g/mol. The predicted molar refractivity (Wildman–Crippen MR) is 121 cm³/mol. The molecule has 2 aromatic carbocycles. The van der Waals surface area contributed by atoms with Gasteiger partial charge in [-0.2, -0.15) is 0 Å². The topological polar surface area (TPSA) is 55.8 Å². The zero-order valence-corrected chi connectivity index (χ0v) is 18.5. The number of amides is 2. The van der Waals surface area contributed by atoms with Gasteiger partial charge in [0, 0.05) is 15.6 Å². The highest BCUT2D eigenvalue weighted by Gasteiger charge is 2.35.